The van der Waals surface area contributed by atoms with E-state index < -0.39 is 5.41 Å². The highest BCUT2D eigenvalue weighted by molar-refractivity contribution is 9.10. The number of carbonyl (C=O) groups is 2. The topological polar surface area (TPSA) is 58.2 Å². The molecule has 0 radical (unpaired) electrons. The van der Waals surface area contributed by atoms with Gasteiger partial charge in [0, 0.05) is 16.7 Å². The third kappa shape index (κ3) is 3.64. The number of rotatable bonds is 5. The average Bonchev–Trinajstić information content (AvgIpc) is 3.36. The summed E-state index contributed by atoms with van der Waals surface area (Å²) in [6, 6.07) is 13.1. The Kier molecular flexibility index (Phi) is 4.66. The van der Waals surface area contributed by atoms with Crippen molar-refractivity contribution >= 4 is 33.4 Å². The Morgan fingerprint density at radius 1 is 1.08 bits per heavy atom. The van der Waals surface area contributed by atoms with Crippen LogP contribution >= 0.6 is 15.9 Å². The SMILES string of the molecule is O=C(NCc1ccc(F)cc1)C1(C(=O)Nc2cccc(Br)c2)CC1. The van der Waals surface area contributed by atoms with Crippen molar-refractivity contribution in [2.75, 3.05) is 5.32 Å². The predicted molar refractivity (Wildman–Crippen MR) is 92.7 cm³/mol. The lowest BCUT2D eigenvalue weighted by Crippen LogP contribution is -2.39. The highest BCUT2D eigenvalue weighted by atomic mass is 79.9. The van der Waals surface area contributed by atoms with Crippen LogP contribution in [0.5, 0.6) is 0 Å². The van der Waals surface area contributed by atoms with E-state index in [4.69, 9.17) is 0 Å². The Balaban J connectivity index is 1.61. The molecule has 0 unspecified atom stereocenters. The first kappa shape index (κ1) is 16.6. The van der Waals surface area contributed by atoms with Crippen LogP contribution in [0.3, 0.4) is 0 Å². The average molecular weight is 391 g/mol. The molecule has 1 aliphatic rings. The van der Waals surface area contributed by atoms with Gasteiger partial charge in [0.05, 0.1) is 0 Å². The van der Waals surface area contributed by atoms with Gasteiger partial charge in [0.1, 0.15) is 11.2 Å². The van der Waals surface area contributed by atoms with E-state index in [0.717, 1.165) is 10.0 Å². The molecule has 0 spiro atoms. The van der Waals surface area contributed by atoms with Crippen LogP contribution in [-0.4, -0.2) is 11.8 Å². The second kappa shape index (κ2) is 6.73. The molecule has 1 aliphatic carbocycles. The summed E-state index contributed by atoms with van der Waals surface area (Å²) in [6.45, 7) is 0.269. The third-order valence-corrected chi connectivity index (χ3v) is 4.56. The van der Waals surface area contributed by atoms with Gasteiger partial charge in [0.2, 0.25) is 11.8 Å². The van der Waals surface area contributed by atoms with Gasteiger partial charge in [-0.15, -0.1) is 0 Å². The number of anilines is 1. The fraction of sp³-hybridized carbons (Fsp3) is 0.222. The molecule has 0 atom stereocenters. The maximum atomic E-state index is 12.9. The minimum atomic E-state index is -0.998. The van der Waals surface area contributed by atoms with Crippen LogP contribution in [0.2, 0.25) is 0 Å². The first-order valence-corrected chi connectivity index (χ1v) is 8.39. The van der Waals surface area contributed by atoms with Crippen molar-refractivity contribution in [3.63, 3.8) is 0 Å². The van der Waals surface area contributed by atoms with Crippen molar-refractivity contribution in [2.45, 2.75) is 19.4 Å². The fourth-order valence-corrected chi connectivity index (χ4v) is 2.85. The summed E-state index contributed by atoms with van der Waals surface area (Å²) in [7, 11) is 0. The Morgan fingerprint density at radius 3 is 2.42 bits per heavy atom. The molecule has 0 aromatic heterocycles. The summed E-state index contributed by atoms with van der Waals surface area (Å²) in [5.74, 6) is -0.909. The molecule has 0 bridgehead atoms. The zero-order valence-electron chi connectivity index (χ0n) is 12.8. The monoisotopic (exact) mass is 390 g/mol. The molecule has 2 aromatic rings. The molecule has 3 rings (SSSR count). The molecule has 1 saturated carbocycles. The Bertz CT molecular complexity index is 773. The standard InChI is InChI=1S/C18H16BrFN2O2/c19-13-2-1-3-15(10-13)22-17(24)18(8-9-18)16(23)21-11-12-4-6-14(20)7-5-12/h1-7,10H,8-9,11H2,(H,21,23)(H,22,24). The largest absolute Gasteiger partial charge is 0.351 e. The van der Waals surface area contributed by atoms with Crippen LogP contribution in [0.15, 0.2) is 53.0 Å². The smallest absolute Gasteiger partial charge is 0.240 e. The Hall–Kier alpha value is -2.21. The second-order valence-corrected chi connectivity index (χ2v) is 6.77. The van der Waals surface area contributed by atoms with Gasteiger partial charge in [-0.25, -0.2) is 4.39 Å². The lowest BCUT2D eigenvalue weighted by atomic mass is 10.0. The van der Waals surface area contributed by atoms with E-state index in [0.29, 0.717) is 18.5 Å². The lowest BCUT2D eigenvalue weighted by molar-refractivity contribution is -0.134. The zero-order valence-corrected chi connectivity index (χ0v) is 14.4. The fourth-order valence-electron chi connectivity index (χ4n) is 2.45. The number of hydrogen-bond donors (Lipinski definition) is 2. The van der Waals surface area contributed by atoms with Crippen molar-refractivity contribution in [1.29, 1.82) is 0 Å². The number of carbonyl (C=O) groups excluding carboxylic acids is 2. The summed E-state index contributed by atoms with van der Waals surface area (Å²) >= 11 is 3.35. The van der Waals surface area contributed by atoms with Crippen molar-refractivity contribution < 1.29 is 14.0 Å². The van der Waals surface area contributed by atoms with E-state index in [2.05, 4.69) is 26.6 Å². The lowest BCUT2D eigenvalue weighted by Gasteiger charge is -2.15. The van der Waals surface area contributed by atoms with Gasteiger partial charge in [-0.2, -0.15) is 0 Å². The van der Waals surface area contributed by atoms with Crippen LogP contribution < -0.4 is 10.6 Å². The number of nitrogens with one attached hydrogen (secondary N) is 2. The van der Waals surface area contributed by atoms with Gasteiger partial charge in [-0.3, -0.25) is 9.59 Å². The minimum Gasteiger partial charge on any atom is -0.351 e. The van der Waals surface area contributed by atoms with Gasteiger partial charge >= 0.3 is 0 Å². The Labute approximate surface area is 147 Å². The molecule has 0 saturated heterocycles. The molecule has 124 valence electrons. The summed E-state index contributed by atoms with van der Waals surface area (Å²) < 4.78 is 13.7. The highest BCUT2D eigenvalue weighted by Crippen LogP contribution is 2.47. The van der Waals surface area contributed by atoms with E-state index in [1.54, 1.807) is 24.3 Å². The van der Waals surface area contributed by atoms with Gasteiger partial charge in [-0.1, -0.05) is 34.1 Å². The van der Waals surface area contributed by atoms with E-state index in [1.165, 1.54) is 12.1 Å². The van der Waals surface area contributed by atoms with Gasteiger partial charge < -0.3 is 10.6 Å². The molecule has 6 heteroatoms. The van der Waals surface area contributed by atoms with Crippen LogP contribution in [0.4, 0.5) is 10.1 Å². The Morgan fingerprint density at radius 2 is 1.79 bits per heavy atom. The zero-order chi connectivity index (χ0) is 17.2. The van der Waals surface area contributed by atoms with Crippen LogP contribution in [0.25, 0.3) is 0 Å². The van der Waals surface area contributed by atoms with E-state index in [1.807, 2.05) is 12.1 Å². The molecule has 1 fully saturated rings. The van der Waals surface area contributed by atoms with Crippen molar-refractivity contribution in [2.24, 2.45) is 5.41 Å². The molecule has 2 N–H and O–H groups in total. The van der Waals surface area contributed by atoms with Crippen LogP contribution in [-0.2, 0) is 16.1 Å². The van der Waals surface area contributed by atoms with E-state index in [9.17, 15) is 14.0 Å². The first-order chi connectivity index (χ1) is 11.5. The summed E-state index contributed by atoms with van der Waals surface area (Å²) in [5, 5.41) is 5.56. The molecule has 0 aliphatic heterocycles. The first-order valence-electron chi connectivity index (χ1n) is 7.59. The van der Waals surface area contributed by atoms with Crippen LogP contribution in [0, 0.1) is 11.2 Å². The van der Waals surface area contributed by atoms with Gasteiger partial charge in [-0.05, 0) is 48.7 Å². The third-order valence-electron chi connectivity index (χ3n) is 4.07. The molecule has 0 heterocycles. The summed E-state index contributed by atoms with van der Waals surface area (Å²) in [5.41, 5.74) is 0.433. The second-order valence-electron chi connectivity index (χ2n) is 5.86. The van der Waals surface area contributed by atoms with Crippen molar-refractivity contribution in [3.8, 4) is 0 Å². The quantitative estimate of drug-likeness (QED) is 0.765. The number of hydrogen-bond acceptors (Lipinski definition) is 2. The molecule has 2 amide bonds. The van der Waals surface area contributed by atoms with Crippen LogP contribution in [0.1, 0.15) is 18.4 Å². The van der Waals surface area contributed by atoms with Gasteiger partial charge in [0.25, 0.3) is 0 Å². The molecule has 2 aromatic carbocycles. The maximum absolute atomic E-state index is 12.9. The predicted octanol–water partition coefficient (Wildman–Crippen LogP) is 3.62. The molecular weight excluding hydrogens is 375 g/mol. The number of amides is 2. The molecule has 24 heavy (non-hydrogen) atoms. The molecule has 4 nitrogen and oxygen atoms in total. The van der Waals surface area contributed by atoms with Gasteiger partial charge in [0.15, 0.2) is 0 Å². The van der Waals surface area contributed by atoms with Crippen molar-refractivity contribution in [3.05, 3.63) is 64.4 Å². The number of benzene rings is 2. The maximum Gasteiger partial charge on any atom is 0.240 e. The highest BCUT2D eigenvalue weighted by Gasteiger charge is 2.56. The van der Waals surface area contributed by atoms with E-state index in [-0.39, 0.29) is 24.2 Å². The van der Waals surface area contributed by atoms with Crippen molar-refractivity contribution in [1.82, 2.24) is 5.32 Å². The molecular formula is C18H16BrFN2O2. The minimum absolute atomic E-state index is 0.269. The number of halogens is 2. The summed E-state index contributed by atoms with van der Waals surface area (Å²) in [4.78, 5) is 24.9. The summed E-state index contributed by atoms with van der Waals surface area (Å²) in [6.07, 6.45) is 1.06. The van der Waals surface area contributed by atoms with E-state index >= 15 is 0 Å². The normalized spacial score (nSPS) is 14.8.